The van der Waals surface area contributed by atoms with Crippen LogP contribution in [0.15, 0.2) is 18.7 Å². The van der Waals surface area contributed by atoms with Crippen molar-refractivity contribution in [3.8, 4) is 0 Å². The van der Waals surface area contributed by atoms with Crippen LogP contribution in [0.5, 0.6) is 0 Å². The zero-order valence-corrected chi connectivity index (χ0v) is 8.10. The lowest BCUT2D eigenvalue weighted by Crippen LogP contribution is -2.34. The monoisotopic (exact) mass is 181 g/mol. The minimum atomic E-state index is 0.00171. The van der Waals surface area contributed by atoms with E-state index in [-0.39, 0.29) is 6.03 Å². The molecular formula is C9H15N3O. The number of rotatable bonds is 3. The van der Waals surface area contributed by atoms with Gasteiger partial charge in [-0.25, -0.2) is 9.78 Å². The summed E-state index contributed by atoms with van der Waals surface area (Å²) < 4.78 is 1.50. The molecule has 1 heterocycles. The molecule has 0 radical (unpaired) electrons. The van der Waals surface area contributed by atoms with Crippen molar-refractivity contribution in [2.24, 2.45) is 0 Å². The van der Waals surface area contributed by atoms with E-state index in [9.17, 15) is 4.79 Å². The van der Waals surface area contributed by atoms with Crippen LogP contribution in [-0.2, 0) is 0 Å². The van der Waals surface area contributed by atoms with Gasteiger partial charge in [-0.2, -0.15) is 0 Å². The van der Waals surface area contributed by atoms with Crippen LogP contribution < -0.4 is 0 Å². The molecule has 1 aromatic heterocycles. The third-order valence-electron chi connectivity index (χ3n) is 1.87. The minimum Gasteiger partial charge on any atom is -0.324 e. The number of imidazole rings is 1. The molecule has 0 bridgehead atoms. The topological polar surface area (TPSA) is 38.1 Å². The quantitative estimate of drug-likeness (QED) is 0.710. The molecule has 1 aromatic rings. The summed E-state index contributed by atoms with van der Waals surface area (Å²) in [4.78, 5) is 17.3. The van der Waals surface area contributed by atoms with Crippen molar-refractivity contribution in [2.45, 2.75) is 20.3 Å². The van der Waals surface area contributed by atoms with Crippen LogP contribution in [0.4, 0.5) is 4.79 Å². The molecule has 1 rings (SSSR count). The molecular weight excluding hydrogens is 166 g/mol. The van der Waals surface area contributed by atoms with Gasteiger partial charge in [-0.1, -0.05) is 6.92 Å². The van der Waals surface area contributed by atoms with E-state index < -0.39 is 0 Å². The van der Waals surface area contributed by atoms with E-state index in [0.29, 0.717) is 0 Å². The summed E-state index contributed by atoms with van der Waals surface area (Å²) in [5, 5.41) is 0. The molecule has 0 fully saturated rings. The van der Waals surface area contributed by atoms with Gasteiger partial charge in [0.05, 0.1) is 0 Å². The van der Waals surface area contributed by atoms with Crippen LogP contribution in [-0.4, -0.2) is 33.6 Å². The summed E-state index contributed by atoms with van der Waals surface area (Å²) in [5.74, 6) is 0. The maximum Gasteiger partial charge on any atom is 0.329 e. The third-order valence-corrected chi connectivity index (χ3v) is 1.87. The molecule has 4 nitrogen and oxygen atoms in total. The molecule has 0 atom stereocenters. The molecule has 13 heavy (non-hydrogen) atoms. The van der Waals surface area contributed by atoms with Crippen molar-refractivity contribution >= 4 is 6.03 Å². The van der Waals surface area contributed by atoms with E-state index in [1.807, 2.05) is 6.92 Å². The van der Waals surface area contributed by atoms with Crippen LogP contribution in [0.3, 0.4) is 0 Å². The lowest BCUT2D eigenvalue weighted by Gasteiger charge is -2.19. The van der Waals surface area contributed by atoms with E-state index in [4.69, 9.17) is 0 Å². The Bertz CT molecular complexity index is 256. The van der Waals surface area contributed by atoms with Gasteiger partial charge in [0.2, 0.25) is 0 Å². The first-order valence-corrected chi connectivity index (χ1v) is 4.56. The van der Waals surface area contributed by atoms with E-state index in [0.717, 1.165) is 19.5 Å². The largest absolute Gasteiger partial charge is 0.329 e. The van der Waals surface area contributed by atoms with Crippen molar-refractivity contribution in [3.05, 3.63) is 18.7 Å². The molecule has 0 unspecified atom stereocenters. The fraction of sp³-hybridized carbons (Fsp3) is 0.556. The molecule has 0 saturated heterocycles. The van der Waals surface area contributed by atoms with Crippen LogP contribution in [0.25, 0.3) is 0 Å². The van der Waals surface area contributed by atoms with Gasteiger partial charge in [0, 0.05) is 25.5 Å². The average molecular weight is 181 g/mol. The summed E-state index contributed by atoms with van der Waals surface area (Å²) in [6.45, 7) is 5.58. The number of nitrogens with zero attached hydrogens (tertiary/aromatic N) is 3. The predicted octanol–water partition coefficient (Wildman–Crippen LogP) is 1.58. The highest BCUT2D eigenvalue weighted by molar-refractivity contribution is 5.76. The van der Waals surface area contributed by atoms with Crippen molar-refractivity contribution < 1.29 is 4.79 Å². The Hall–Kier alpha value is -1.32. The highest BCUT2D eigenvalue weighted by atomic mass is 16.2. The number of hydrogen-bond acceptors (Lipinski definition) is 2. The van der Waals surface area contributed by atoms with Crippen molar-refractivity contribution in [3.63, 3.8) is 0 Å². The molecule has 0 aliphatic rings. The van der Waals surface area contributed by atoms with Crippen molar-refractivity contribution in [1.82, 2.24) is 14.5 Å². The summed E-state index contributed by atoms with van der Waals surface area (Å²) in [7, 11) is 0. The SMILES string of the molecule is CCCN(CC)C(=O)n1ccnc1. The van der Waals surface area contributed by atoms with Crippen LogP contribution >= 0.6 is 0 Å². The van der Waals surface area contributed by atoms with Gasteiger partial charge in [0.1, 0.15) is 6.33 Å². The third kappa shape index (κ3) is 2.31. The Kier molecular flexibility index (Phi) is 3.49. The van der Waals surface area contributed by atoms with Gasteiger partial charge in [-0.15, -0.1) is 0 Å². The highest BCUT2D eigenvalue weighted by Crippen LogP contribution is 1.97. The van der Waals surface area contributed by atoms with Gasteiger partial charge in [-0.3, -0.25) is 4.57 Å². The smallest absolute Gasteiger partial charge is 0.324 e. The molecule has 0 N–H and O–H groups in total. The summed E-state index contributed by atoms with van der Waals surface area (Å²) >= 11 is 0. The van der Waals surface area contributed by atoms with E-state index in [1.54, 1.807) is 17.3 Å². The summed E-state index contributed by atoms with van der Waals surface area (Å²) in [6, 6.07) is 0.00171. The first-order valence-electron chi connectivity index (χ1n) is 4.56. The first kappa shape index (κ1) is 9.77. The molecule has 72 valence electrons. The number of carbonyl (C=O) groups is 1. The molecule has 0 aliphatic carbocycles. The lowest BCUT2D eigenvalue weighted by atomic mass is 10.4. The Morgan fingerprint density at radius 2 is 2.31 bits per heavy atom. The lowest BCUT2D eigenvalue weighted by molar-refractivity contribution is 0.202. The van der Waals surface area contributed by atoms with Crippen LogP contribution in [0.2, 0.25) is 0 Å². The van der Waals surface area contributed by atoms with Crippen molar-refractivity contribution in [1.29, 1.82) is 0 Å². The van der Waals surface area contributed by atoms with Gasteiger partial charge in [0.25, 0.3) is 0 Å². The highest BCUT2D eigenvalue weighted by Gasteiger charge is 2.11. The van der Waals surface area contributed by atoms with E-state index >= 15 is 0 Å². The number of carbonyl (C=O) groups excluding carboxylic acids is 1. The zero-order valence-electron chi connectivity index (χ0n) is 8.10. The minimum absolute atomic E-state index is 0.00171. The fourth-order valence-corrected chi connectivity index (χ4v) is 1.19. The summed E-state index contributed by atoms with van der Waals surface area (Å²) in [5.41, 5.74) is 0. The van der Waals surface area contributed by atoms with Crippen LogP contribution in [0, 0.1) is 0 Å². The Balaban J connectivity index is 2.65. The van der Waals surface area contributed by atoms with Gasteiger partial charge in [0.15, 0.2) is 0 Å². The maximum absolute atomic E-state index is 11.7. The normalized spacial score (nSPS) is 10.0. The van der Waals surface area contributed by atoms with E-state index in [1.165, 1.54) is 10.9 Å². The Morgan fingerprint density at radius 1 is 1.54 bits per heavy atom. The number of amides is 1. The molecule has 0 aromatic carbocycles. The first-order chi connectivity index (χ1) is 6.29. The second kappa shape index (κ2) is 4.64. The zero-order chi connectivity index (χ0) is 9.68. The average Bonchev–Trinajstić information content (AvgIpc) is 2.65. The number of aromatic nitrogens is 2. The van der Waals surface area contributed by atoms with Gasteiger partial charge < -0.3 is 4.90 Å². The molecule has 0 spiro atoms. The molecule has 0 saturated carbocycles. The molecule has 0 aliphatic heterocycles. The second-order valence-electron chi connectivity index (χ2n) is 2.83. The van der Waals surface area contributed by atoms with Gasteiger partial charge in [-0.05, 0) is 13.3 Å². The Labute approximate surface area is 78.2 Å². The van der Waals surface area contributed by atoms with Crippen molar-refractivity contribution in [2.75, 3.05) is 13.1 Å². The standard InChI is InChI=1S/C9H15N3O/c1-3-6-11(4-2)9(13)12-7-5-10-8-12/h5,7-8H,3-4,6H2,1-2H3. The Morgan fingerprint density at radius 3 is 2.77 bits per heavy atom. The fourth-order valence-electron chi connectivity index (χ4n) is 1.19. The predicted molar refractivity (Wildman–Crippen MR) is 50.6 cm³/mol. The second-order valence-corrected chi connectivity index (χ2v) is 2.83. The number of hydrogen-bond donors (Lipinski definition) is 0. The van der Waals surface area contributed by atoms with Gasteiger partial charge >= 0.3 is 6.03 Å². The molecule has 1 amide bonds. The van der Waals surface area contributed by atoms with E-state index in [2.05, 4.69) is 11.9 Å². The molecule has 4 heteroatoms. The summed E-state index contributed by atoms with van der Waals surface area (Å²) in [6.07, 6.45) is 5.78. The van der Waals surface area contributed by atoms with Crippen LogP contribution in [0.1, 0.15) is 20.3 Å². The maximum atomic E-state index is 11.7.